The van der Waals surface area contributed by atoms with E-state index in [1.807, 2.05) is 13.0 Å². The standard InChI is InChI=1S/C23H19ClN4O4S2/c1-12-10-13(2)19(16(11-25)14(12)3)27-22(29)20-17(6-9-33-20)34(30,31)23(7-5-8-26-23)21-18(24)15(4)28-32-21/h5-10H,1-4H3,(H,27,29). The van der Waals surface area contributed by atoms with Crippen LogP contribution in [0, 0.1) is 39.0 Å². The number of rotatable bonds is 5. The van der Waals surface area contributed by atoms with Crippen molar-refractivity contribution < 1.29 is 17.7 Å². The Balaban J connectivity index is 1.81. The van der Waals surface area contributed by atoms with Gasteiger partial charge in [-0.25, -0.2) is 8.42 Å². The summed E-state index contributed by atoms with van der Waals surface area (Å²) in [6.07, 6.45) is 4.14. The Morgan fingerprint density at radius 3 is 2.59 bits per heavy atom. The van der Waals surface area contributed by atoms with E-state index in [9.17, 15) is 18.5 Å². The number of allylic oxidation sites excluding steroid dienone is 1. The lowest BCUT2D eigenvalue weighted by Gasteiger charge is -2.22. The lowest BCUT2D eigenvalue weighted by molar-refractivity contribution is 0.102. The van der Waals surface area contributed by atoms with Crippen LogP contribution >= 0.6 is 22.9 Å². The molecular weight excluding hydrogens is 496 g/mol. The van der Waals surface area contributed by atoms with Gasteiger partial charge in [0.15, 0.2) is 0 Å². The monoisotopic (exact) mass is 514 g/mol. The fourth-order valence-corrected chi connectivity index (χ4v) is 7.04. The number of sulfone groups is 1. The topological polar surface area (TPSA) is 125 Å². The number of nitrogens with zero attached hydrogens (tertiary/aromatic N) is 3. The Labute approximate surface area is 205 Å². The van der Waals surface area contributed by atoms with Crippen LogP contribution in [0.3, 0.4) is 0 Å². The van der Waals surface area contributed by atoms with Gasteiger partial charge in [-0.1, -0.05) is 22.8 Å². The average molecular weight is 515 g/mol. The van der Waals surface area contributed by atoms with Gasteiger partial charge in [0, 0.05) is 6.21 Å². The molecule has 0 aliphatic carbocycles. The third-order valence-corrected chi connectivity index (χ3v) is 9.37. The van der Waals surface area contributed by atoms with Gasteiger partial charge >= 0.3 is 0 Å². The highest BCUT2D eigenvalue weighted by molar-refractivity contribution is 7.92. The van der Waals surface area contributed by atoms with Crippen molar-refractivity contribution in [3.63, 3.8) is 0 Å². The molecule has 0 fully saturated rings. The van der Waals surface area contributed by atoms with Crippen LogP contribution in [0.5, 0.6) is 0 Å². The summed E-state index contributed by atoms with van der Waals surface area (Å²) in [4.78, 5) is 15.2. The van der Waals surface area contributed by atoms with Gasteiger partial charge in [-0.2, -0.15) is 5.26 Å². The predicted octanol–water partition coefficient (Wildman–Crippen LogP) is 5.01. The fourth-order valence-electron chi connectivity index (χ4n) is 3.77. The van der Waals surface area contributed by atoms with Gasteiger partial charge in [-0.3, -0.25) is 9.79 Å². The summed E-state index contributed by atoms with van der Waals surface area (Å²) in [6, 6.07) is 5.33. The summed E-state index contributed by atoms with van der Waals surface area (Å²) < 4.78 is 33.1. The van der Waals surface area contributed by atoms with E-state index in [1.54, 1.807) is 20.8 Å². The third kappa shape index (κ3) is 3.48. The maximum atomic E-state index is 13.9. The number of anilines is 1. The lowest BCUT2D eigenvalue weighted by atomic mass is 9.98. The minimum absolute atomic E-state index is 0.0397. The molecule has 3 heterocycles. The van der Waals surface area contributed by atoms with Crippen molar-refractivity contribution in [2.75, 3.05) is 5.32 Å². The van der Waals surface area contributed by atoms with Crippen LogP contribution < -0.4 is 5.32 Å². The van der Waals surface area contributed by atoms with Gasteiger partial charge < -0.3 is 9.84 Å². The largest absolute Gasteiger partial charge is 0.355 e. The second-order valence-corrected chi connectivity index (χ2v) is 11.2. The molecule has 3 aromatic rings. The van der Waals surface area contributed by atoms with Crippen LogP contribution in [0.4, 0.5) is 5.69 Å². The zero-order valence-electron chi connectivity index (χ0n) is 18.6. The zero-order chi connectivity index (χ0) is 24.8. The SMILES string of the molecule is Cc1cc(C)c(NC(=O)c2sccc2S(=O)(=O)C2(c3onc(C)c3Cl)C=CC=N2)c(C#N)c1C. The van der Waals surface area contributed by atoms with E-state index < -0.39 is 20.6 Å². The minimum Gasteiger partial charge on any atom is -0.355 e. The van der Waals surface area contributed by atoms with Crippen molar-refractivity contribution in [3.05, 3.63) is 73.3 Å². The Bertz CT molecular complexity index is 1530. The van der Waals surface area contributed by atoms with E-state index in [0.717, 1.165) is 22.5 Å². The van der Waals surface area contributed by atoms with Gasteiger partial charge in [0.25, 0.3) is 5.91 Å². The Hall–Kier alpha value is -3.26. The highest BCUT2D eigenvalue weighted by Crippen LogP contribution is 2.45. The van der Waals surface area contributed by atoms with Crippen molar-refractivity contribution >= 4 is 50.6 Å². The molecule has 1 atom stereocenters. The Kier molecular flexibility index (Phi) is 5.97. The van der Waals surface area contributed by atoms with Gasteiger partial charge in [0.05, 0.1) is 21.8 Å². The number of aromatic nitrogens is 1. The highest BCUT2D eigenvalue weighted by Gasteiger charge is 2.52. The fraction of sp³-hybridized carbons (Fsp3) is 0.217. The van der Waals surface area contributed by atoms with Crippen molar-refractivity contribution in [2.45, 2.75) is 37.5 Å². The normalized spacial score (nSPS) is 17.2. The lowest BCUT2D eigenvalue weighted by Crippen LogP contribution is -2.32. The van der Waals surface area contributed by atoms with Crippen LogP contribution in [0.1, 0.15) is 43.4 Å². The first-order valence-electron chi connectivity index (χ1n) is 10.0. The Morgan fingerprint density at radius 1 is 1.26 bits per heavy atom. The first-order chi connectivity index (χ1) is 16.0. The number of nitrogens with one attached hydrogen (secondary N) is 1. The second kappa shape index (κ2) is 8.51. The van der Waals surface area contributed by atoms with Gasteiger partial charge in [-0.15, -0.1) is 11.3 Å². The number of hydrogen-bond acceptors (Lipinski definition) is 8. The molecule has 1 amide bonds. The Morgan fingerprint density at radius 2 is 2.00 bits per heavy atom. The molecule has 34 heavy (non-hydrogen) atoms. The molecule has 1 N–H and O–H groups in total. The molecule has 8 nitrogen and oxygen atoms in total. The van der Waals surface area contributed by atoms with Crippen molar-refractivity contribution in [2.24, 2.45) is 4.99 Å². The van der Waals surface area contributed by atoms with Crippen molar-refractivity contribution in [3.8, 4) is 6.07 Å². The molecule has 1 aliphatic heterocycles. The van der Waals surface area contributed by atoms with E-state index in [-0.39, 0.29) is 20.6 Å². The molecule has 11 heteroatoms. The summed E-state index contributed by atoms with van der Waals surface area (Å²) in [6.45, 7) is 7.03. The summed E-state index contributed by atoms with van der Waals surface area (Å²) in [7, 11) is -4.35. The molecule has 0 spiro atoms. The van der Waals surface area contributed by atoms with Crippen LogP contribution in [0.15, 0.2) is 44.1 Å². The molecule has 0 radical (unpaired) electrons. The maximum Gasteiger partial charge on any atom is 0.267 e. The number of carbonyl (C=O) groups excluding carboxylic acids is 1. The first kappa shape index (κ1) is 23.9. The number of amides is 1. The van der Waals surface area contributed by atoms with Crippen LogP contribution in [-0.2, 0) is 14.7 Å². The zero-order valence-corrected chi connectivity index (χ0v) is 21.0. The third-order valence-electron chi connectivity index (χ3n) is 5.72. The van der Waals surface area contributed by atoms with Crippen molar-refractivity contribution in [1.29, 1.82) is 5.26 Å². The van der Waals surface area contributed by atoms with E-state index >= 15 is 0 Å². The van der Waals surface area contributed by atoms with Gasteiger partial charge in [0.1, 0.15) is 16.0 Å². The van der Waals surface area contributed by atoms with E-state index in [0.29, 0.717) is 22.5 Å². The molecule has 1 aromatic carbocycles. The van der Waals surface area contributed by atoms with E-state index in [2.05, 4.69) is 21.5 Å². The summed E-state index contributed by atoms with van der Waals surface area (Å²) in [5.41, 5.74) is 3.34. The number of hydrogen-bond donors (Lipinski definition) is 1. The van der Waals surface area contributed by atoms with Gasteiger partial charge in [0.2, 0.25) is 20.5 Å². The van der Waals surface area contributed by atoms with Gasteiger partial charge in [-0.05, 0) is 68.0 Å². The molecule has 0 saturated carbocycles. The number of thiophene rings is 1. The number of aliphatic imine (C=N–C) groups is 1. The summed E-state index contributed by atoms with van der Waals surface area (Å²) in [5.74, 6) is -0.802. The molecule has 0 saturated heterocycles. The number of aryl methyl sites for hydroxylation is 3. The number of benzene rings is 1. The maximum absolute atomic E-state index is 13.9. The summed E-state index contributed by atoms with van der Waals surface area (Å²) >= 11 is 7.26. The van der Waals surface area contributed by atoms with E-state index in [1.165, 1.54) is 29.8 Å². The molecule has 2 aromatic heterocycles. The number of carbonyl (C=O) groups is 1. The molecular formula is C23H19ClN4O4S2. The minimum atomic E-state index is -4.35. The molecule has 0 bridgehead atoms. The second-order valence-electron chi connectivity index (χ2n) is 7.81. The molecule has 1 unspecified atom stereocenters. The van der Waals surface area contributed by atoms with E-state index in [4.69, 9.17) is 16.1 Å². The number of nitriles is 1. The molecule has 174 valence electrons. The predicted molar refractivity (Wildman–Crippen MR) is 130 cm³/mol. The quantitative estimate of drug-likeness (QED) is 0.509. The van der Waals surface area contributed by atoms with Crippen molar-refractivity contribution in [1.82, 2.24) is 5.16 Å². The number of halogens is 1. The van der Waals surface area contributed by atoms with Crippen LogP contribution in [0.25, 0.3) is 0 Å². The average Bonchev–Trinajstić information content (AvgIpc) is 3.54. The van der Waals surface area contributed by atoms with Crippen LogP contribution in [-0.4, -0.2) is 25.7 Å². The molecule has 4 rings (SSSR count). The first-order valence-corrected chi connectivity index (χ1v) is 12.8. The molecule has 1 aliphatic rings. The van der Waals surface area contributed by atoms with Crippen LogP contribution in [0.2, 0.25) is 5.02 Å². The summed E-state index contributed by atoms with van der Waals surface area (Å²) in [5, 5.41) is 17.7. The smallest absolute Gasteiger partial charge is 0.267 e. The highest BCUT2D eigenvalue weighted by atomic mass is 35.5.